The van der Waals surface area contributed by atoms with E-state index in [2.05, 4.69) is 5.32 Å². The number of hydrogen-bond acceptors (Lipinski definition) is 3. The van der Waals surface area contributed by atoms with E-state index in [-0.39, 0.29) is 5.91 Å². The molecule has 2 aromatic carbocycles. The summed E-state index contributed by atoms with van der Waals surface area (Å²) in [4.78, 5) is 13.1. The van der Waals surface area contributed by atoms with Gasteiger partial charge in [-0.05, 0) is 48.7 Å². The van der Waals surface area contributed by atoms with E-state index in [1.54, 1.807) is 7.11 Å². The molecule has 2 aromatic rings. The molecule has 0 aromatic heterocycles. The summed E-state index contributed by atoms with van der Waals surface area (Å²) in [6.07, 6.45) is 1.22. The van der Waals surface area contributed by atoms with Gasteiger partial charge in [-0.3, -0.25) is 4.79 Å². The molecular formula is C19H20ClNO3. The summed E-state index contributed by atoms with van der Waals surface area (Å²) in [7, 11) is 1.61. The fourth-order valence-corrected chi connectivity index (χ4v) is 3.43. The van der Waals surface area contributed by atoms with Crippen molar-refractivity contribution >= 4 is 23.2 Å². The molecule has 24 heavy (non-hydrogen) atoms. The SMILES string of the molecule is COc1ccc(NC(=O)C2(c3ccccc3Cl)CCOCC2)cc1. The van der Waals surface area contributed by atoms with E-state index in [4.69, 9.17) is 21.1 Å². The van der Waals surface area contributed by atoms with Gasteiger partial charge in [0.1, 0.15) is 5.75 Å². The summed E-state index contributed by atoms with van der Waals surface area (Å²) >= 11 is 6.40. The summed E-state index contributed by atoms with van der Waals surface area (Å²) in [5.74, 6) is 0.698. The van der Waals surface area contributed by atoms with Crippen LogP contribution in [0, 0.1) is 0 Å². The molecule has 4 nitrogen and oxygen atoms in total. The van der Waals surface area contributed by atoms with Crippen molar-refractivity contribution in [3.05, 3.63) is 59.1 Å². The Labute approximate surface area is 146 Å². The molecule has 5 heteroatoms. The Hall–Kier alpha value is -2.04. The van der Waals surface area contributed by atoms with Gasteiger partial charge in [0.25, 0.3) is 0 Å². The lowest BCUT2D eigenvalue weighted by atomic mass is 9.73. The third kappa shape index (κ3) is 3.25. The van der Waals surface area contributed by atoms with Gasteiger partial charge in [0.2, 0.25) is 5.91 Å². The van der Waals surface area contributed by atoms with Gasteiger partial charge in [0.05, 0.1) is 12.5 Å². The highest BCUT2D eigenvalue weighted by Gasteiger charge is 2.43. The van der Waals surface area contributed by atoms with Crippen LogP contribution in [0.15, 0.2) is 48.5 Å². The van der Waals surface area contributed by atoms with E-state index < -0.39 is 5.41 Å². The van der Waals surface area contributed by atoms with E-state index >= 15 is 0 Å². The zero-order valence-corrected chi connectivity index (χ0v) is 14.3. The molecule has 0 radical (unpaired) electrons. The van der Waals surface area contributed by atoms with Gasteiger partial charge in [-0.15, -0.1) is 0 Å². The molecule has 1 amide bonds. The lowest BCUT2D eigenvalue weighted by molar-refractivity contribution is -0.125. The Balaban J connectivity index is 1.90. The van der Waals surface area contributed by atoms with Crippen molar-refractivity contribution in [3.8, 4) is 5.75 Å². The average molecular weight is 346 g/mol. The first kappa shape index (κ1) is 16.8. The third-order valence-electron chi connectivity index (χ3n) is 4.52. The molecule has 1 heterocycles. The summed E-state index contributed by atoms with van der Waals surface area (Å²) in [6.45, 7) is 1.09. The smallest absolute Gasteiger partial charge is 0.235 e. The molecule has 0 spiro atoms. The Bertz CT molecular complexity index is 709. The van der Waals surface area contributed by atoms with Gasteiger partial charge in [-0.2, -0.15) is 0 Å². The number of methoxy groups -OCH3 is 1. The lowest BCUT2D eigenvalue weighted by Crippen LogP contribution is -2.45. The number of carbonyl (C=O) groups excluding carboxylic acids is 1. The third-order valence-corrected chi connectivity index (χ3v) is 4.85. The molecule has 1 aliphatic heterocycles. The molecule has 0 saturated carbocycles. The number of hydrogen-bond donors (Lipinski definition) is 1. The first-order chi connectivity index (χ1) is 11.7. The molecule has 0 aliphatic carbocycles. The Morgan fingerprint density at radius 2 is 1.79 bits per heavy atom. The highest BCUT2D eigenvalue weighted by atomic mass is 35.5. The number of rotatable bonds is 4. The van der Waals surface area contributed by atoms with E-state index in [0.717, 1.165) is 17.0 Å². The van der Waals surface area contributed by atoms with Crippen molar-refractivity contribution in [2.45, 2.75) is 18.3 Å². The molecule has 0 bridgehead atoms. The first-order valence-corrected chi connectivity index (χ1v) is 8.32. The van der Waals surface area contributed by atoms with Gasteiger partial charge >= 0.3 is 0 Å². The van der Waals surface area contributed by atoms with Crippen LogP contribution in [0.1, 0.15) is 18.4 Å². The standard InChI is InChI=1S/C19H20ClNO3/c1-23-15-8-6-14(7-9-15)21-18(22)19(10-12-24-13-11-19)16-4-2-3-5-17(16)20/h2-9H,10-13H2,1H3,(H,21,22). The van der Waals surface area contributed by atoms with Crippen molar-refractivity contribution in [2.24, 2.45) is 0 Å². The highest BCUT2D eigenvalue weighted by molar-refractivity contribution is 6.31. The van der Waals surface area contributed by atoms with Crippen LogP contribution in [0.2, 0.25) is 5.02 Å². The number of anilines is 1. The van der Waals surface area contributed by atoms with Gasteiger partial charge < -0.3 is 14.8 Å². The zero-order valence-electron chi connectivity index (χ0n) is 13.5. The van der Waals surface area contributed by atoms with Crippen LogP contribution < -0.4 is 10.1 Å². The molecule has 1 N–H and O–H groups in total. The van der Waals surface area contributed by atoms with E-state index in [9.17, 15) is 4.79 Å². The van der Waals surface area contributed by atoms with Crippen LogP contribution in [0.5, 0.6) is 5.75 Å². The van der Waals surface area contributed by atoms with Crippen LogP contribution in [0.25, 0.3) is 0 Å². The molecule has 0 atom stereocenters. The minimum absolute atomic E-state index is 0.0518. The van der Waals surface area contributed by atoms with E-state index in [0.29, 0.717) is 31.1 Å². The monoisotopic (exact) mass is 345 g/mol. The lowest BCUT2D eigenvalue weighted by Gasteiger charge is -2.36. The molecule has 126 valence electrons. The molecule has 1 aliphatic rings. The van der Waals surface area contributed by atoms with Crippen LogP contribution in [0.3, 0.4) is 0 Å². The summed E-state index contributed by atoms with van der Waals surface area (Å²) < 4.78 is 10.6. The minimum Gasteiger partial charge on any atom is -0.497 e. The fraction of sp³-hybridized carbons (Fsp3) is 0.316. The van der Waals surface area contributed by atoms with Gasteiger partial charge in [-0.25, -0.2) is 0 Å². The number of halogens is 1. The normalized spacial score (nSPS) is 16.4. The van der Waals surface area contributed by atoms with Gasteiger partial charge in [0.15, 0.2) is 0 Å². The largest absolute Gasteiger partial charge is 0.497 e. The van der Waals surface area contributed by atoms with Crippen molar-refractivity contribution in [3.63, 3.8) is 0 Å². The van der Waals surface area contributed by atoms with Crippen molar-refractivity contribution < 1.29 is 14.3 Å². The first-order valence-electron chi connectivity index (χ1n) is 7.94. The van der Waals surface area contributed by atoms with Crippen LogP contribution >= 0.6 is 11.6 Å². The van der Waals surface area contributed by atoms with Gasteiger partial charge in [-0.1, -0.05) is 29.8 Å². The number of amides is 1. The maximum Gasteiger partial charge on any atom is 0.235 e. The quantitative estimate of drug-likeness (QED) is 0.909. The summed E-state index contributed by atoms with van der Waals surface area (Å²) in [5, 5.41) is 3.64. The van der Waals surface area contributed by atoms with Crippen molar-refractivity contribution in [2.75, 3.05) is 25.6 Å². The van der Waals surface area contributed by atoms with Crippen molar-refractivity contribution in [1.29, 1.82) is 0 Å². The number of carbonyl (C=O) groups is 1. The second-order valence-electron chi connectivity index (χ2n) is 5.86. The second kappa shape index (κ2) is 7.24. The highest BCUT2D eigenvalue weighted by Crippen LogP contribution is 2.39. The zero-order chi connectivity index (χ0) is 17.0. The van der Waals surface area contributed by atoms with Crippen molar-refractivity contribution in [1.82, 2.24) is 0 Å². The fourth-order valence-electron chi connectivity index (χ4n) is 3.11. The maximum absolute atomic E-state index is 13.1. The van der Waals surface area contributed by atoms with E-state index in [1.165, 1.54) is 0 Å². The predicted molar refractivity (Wildman–Crippen MR) is 94.8 cm³/mol. The Morgan fingerprint density at radius 3 is 2.42 bits per heavy atom. The molecule has 0 unspecified atom stereocenters. The molecule has 1 saturated heterocycles. The predicted octanol–water partition coefficient (Wildman–Crippen LogP) is 4.04. The van der Waals surface area contributed by atoms with Crippen LogP contribution in [-0.4, -0.2) is 26.2 Å². The summed E-state index contributed by atoms with van der Waals surface area (Å²) in [5.41, 5.74) is 0.927. The average Bonchev–Trinajstić information content (AvgIpc) is 2.63. The summed E-state index contributed by atoms with van der Waals surface area (Å²) in [6, 6.07) is 14.9. The molecule has 1 fully saturated rings. The minimum atomic E-state index is -0.670. The maximum atomic E-state index is 13.1. The van der Waals surface area contributed by atoms with E-state index in [1.807, 2.05) is 48.5 Å². The number of ether oxygens (including phenoxy) is 2. The topological polar surface area (TPSA) is 47.6 Å². The molecular weight excluding hydrogens is 326 g/mol. The van der Waals surface area contributed by atoms with Crippen LogP contribution in [-0.2, 0) is 14.9 Å². The molecule has 3 rings (SSSR count). The van der Waals surface area contributed by atoms with Gasteiger partial charge in [0, 0.05) is 23.9 Å². The number of benzene rings is 2. The van der Waals surface area contributed by atoms with Crippen LogP contribution in [0.4, 0.5) is 5.69 Å². The Morgan fingerprint density at radius 1 is 1.12 bits per heavy atom. The number of nitrogens with one attached hydrogen (secondary N) is 1. The Kier molecular flexibility index (Phi) is 5.07. The second-order valence-corrected chi connectivity index (χ2v) is 6.26.